The highest BCUT2D eigenvalue weighted by Gasteiger charge is 2.28. The van der Waals surface area contributed by atoms with Crippen LogP contribution in [-0.2, 0) is 6.42 Å². The molecule has 1 aromatic rings. The Labute approximate surface area is 126 Å². The lowest BCUT2D eigenvalue weighted by Gasteiger charge is -2.43. The third-order valence-electron chi connectivity index (χ3n) is 3.98. The predicted octanol–water partition coefficient (Wildman–Crippen LogP) is 5.25. The van der Waals surface area contributed by atoms with Gasteiger partial charge < -0.3 is 0 Å². The molecule has 1 nitrogen and oxygen atoms in total. The van der Waals surface area contributed by atoms with Gasteiger partial charge in [0.25, 0.3) is 0 Å². The number of nitrogens with zero attached hydrogens (tertiary/aromatic N) is 1. The summed E-state index contributed by atoms with van der Waals surface area (Å²) in [5.41, 5.74) is 3.08. The smallest absolute Gasteiger partial charge is 0.0130 e. The molecule has 0 amide bonds. The van der Waals surface area contributed by atoms with Gasteiger partial charge in [-0.05, 0) is 65.0 Å². The molecule has 0 saturated heterocycles. The third kappa shape index (κ3) is 4.63. The zero-order valence-electron chi connectivity index (χ0n) is 14.7. The molecule has 1 aromatic carbocycles. The summed E-state index contributed by atoms with van der Waals surface area (Å²) in [5.74, 6) is 0.614. The molecule has 0 aliphatic rings. The van der Waals surface area contributed by atoms with Crippen molar-refractivity contribution in [2.75, 3.05) is 0 Å². The minimum Gasteiger partial charge on any atom is -0.293 e. The molecule has 20 heavy (non-hydrogen) atoms. The molecule has 0 aromatic heterocycles. The normalized spacial score (nSPS) is 14.3. The maximum absolute atomic E-state index is 2.61. The Bertz CT molecular complexity index is 395. The summed E-state index contributed by atoms with van der Waals surface area (Å²) < 4.78 is 0. The van der Waals surface area contributed by atoms with Crippen molar-refractivity contribution < 1.29 is 0 Å². The number of hydrogen-bond acceptors (Lipinski definition) is 1. The van der Waals surface area contributed by atoms with Crippen LogP contribution in [0.4, 0.5) is 0 Å². The standard InChI is InChI=1S/C19H33N/c1-14(2)18-11-9-17(10-12-18)13-16(5)20(15(3)4)19(6,7)8/h9-12,14-16H,13H2,1-8H3. The second-order valence-corrected chi connectivity index (χ2v) is 7.62. The molecular weight excluding hydrogens is 242 g/mol. The van der Waals surface area contributed by atoms with E-state index in [0.29, 0.717) is 18.0 Å². The van der Waals surface area contributed by atoms with Gasteiger partial charge in [-0.3, -0.25) is 4.90 Å². The third-order valence-corrected chi connectivity index (χ3v) is 3.98. The summed E-state index contributed by atoms with van der Waals surface area (Å²) >= 11 is 0. The number of hydrogen-bond donors (Lipinski definition) is 0. The second-order valence-electron chi connectivity index (χ2n) is 7.62. The van der Waals surface area contributed by atoms with Crippen molar-refractivity contribution >= 4 is 0 Å². The number of benzene rings is 1. The Hall–Kier alpha value is -0.820. The molecule has 0 fully saturated rings. The zero-order chi connectivity index (χ0) is 15.5. The first-order valence-electron chi connectivity index (χ1n) is 8.00. The molecule has 114 valence electrons. The predicted molar refractivity (Wildman–Crippen MR) is 90.4 cm³/mol. The van der Waals surface area contributed by atoms with Crippen LogP contribution in [0.2, 0.25) is 0 Å². The van der Waals surface area contributed by atoms with Crippen LogP contribution in [0.15, 0.2) is 24.3 Å². The van der Waals surface area contributed by atoms with Gasteiger partial charge in [0.05, 0.1) is 0 Å². The van der Waals surface area contributed by atoms with E-state index in [4.69, 9.17) is 0 Å². The van der Waals surface area contributed by atoms with E-state index in [-0.39, 0.29) is 5.54 Å². The van der Waals surface area contributed by atoms with Crippen LogP contribution < -0.4 is 0 Å². The first kappa shape index (κ1) is 17.2. The van der Waals surface area contributed by atoms with Crippen molar-refractivity contribution in [1.29, 1.82) is 0 Å². The lowest BCUT2D eigenvalue weighted by atomic mass is 9.95. The highest BCUT2D eigenvalue weighted by atomic mass is 15.2. The summed E-state index contributed by atoms with van der Waals surface area (Å²) in [6.45, 7) is 18.4. The lowest BCUT2D eigenvalue weighted by molar-refractivity contribution is 0.0561. The van der Waals surface area contributed by atoms with Crippen molar-refractivity contribution in [1.82, 2.24) is 4.90 Å². The fraction of sp³-hybridized carbons (Fsp3) is 0.684. The van der Waals surface area contributed by atoms with Crippen LogP contribution in [0.5, 0.6) is 0 Å². The quantitative estimate of drug-likeness (QED) is 0.709. The monoisotopic (exact) mass is 275 g/mol. The highest BCUT2D eigenvalue weighted by molar-refractivity contribution is 5.25. The second kappa shape index (κ2) is 6.76. The molecule has 1 heteroatoms. The molecule has 0 heterocycles. The van der Waals surface area contributed by atoms with Gasteiger partial charge in [0, 0.05) is 17.6 Å². The van der Waals surface area contributed by atoms with Gasteiger partial charge >= 0.3 is 0 Å². The van der Waals surface area contributed by atoms with Gasteiger partial charge in [0.15, 0.2) is 0 Å². The average Bonchev–Trinajstić information content (AvgIpc) is 2.26. The van der Waals surface area contributed by atoms with Gasteiger partial charge in [-0.1, -0.05) is 38.1 Å². The molecule has 1 atom stereocenters. The summed E-state index contributed by atoms with van der Waals surface area (Å²) in [7, 11) is 0. The largest absolute Gasteiger partial charge is 0.293 e. The van der Waals surface area contributed by atoms with Crippen molar-refractivity contribution in [3.05, 3.63) is 35.4 Å². The fourth-order valence-electron chi connectivity index (χ4n) is 3.42. The Morgan fingerprint density at radius 1 is 0.900 bits per heavy atom. The highest BCUT2D eigenvalue weighted by Crippen LogP contribution is 2.23. The van der Waals surface area contributed by atoms with Crippen molar-refractivity contribution in [3.63, 3.8) is 0 Å². The van der Waals surface area contributed by atoms with E-state index in [9.17, 15) is 0 Å². The molecule has 0 aliphatic carbocycles. The molecule has 0 aliphatic heterocycles. The van der Waals surface area contributed by atoms with E-state index in [1.807, 2.05) is 0 Å². The molecular formula is C19H33N. The maximum Gasteiger partial charge on any atom is 0.0130 e. The van der Waals surface area contributed by atoms with Crippen molar-refractivity contribution in [2.45, 2.75) is 85.4 Å². The summed E-state index contributed by atoms with van der Waals surface area (Å²) in [4.78, 5) is 2.61. The summed E-state index contributed by atoms with van der Waals surface area (Å²) in [6.07, 6.45) is 1.12. The summed E-state index contributed by atoms with van der Waals surface area (Å²) in [5, 5.41) is 0. The average molecular weight is 275 g/mol. The molecule has 1 rings (SSSR count). The van der Waals surface area contributed by atoms with E-state index >= 15 is 0 Å². The lowest BCUT2D eigenvalue weighted by Crippen LogP contribution is -2.51. The number of rotatable bonds is 5. The van der Waals surface area contributed by atoms with Crippen LogP contribution in [0, 0.1) is 0 Å². The fourth-order valence-corrected chi connectivity index (χ4v) is 3.42. The molecule has 0 radical (unpaired) electrons. The molecule has 1 unspecified atom stereocenters. The van der Waals surface area contributed by atoms with E-state index in [1.165, 1.54) is 11.1 Å². The van der Waals surface area contributed by atoms with Gasteiger partial charge in [-0.25, -0.2) is 0 Å². The van der Waals surface area contributed by atoms with Crippen LogP contribution in [0.3, 0.4) is 0 Å². The Kier molecular flexibility index (Phi) is 5.82. The van der Waals surface area contributed by atoms with Gasteiger partial charge in [-0.15, -0.1) is 0 Å². The van der Waals surface area contributed by atoms with Crippen molar-refractivity contribution in [3.8, 4) is 0 Å². The van der Waals surface area contributed by atoms with E-state index in [2.05, 4.69) is 84.6 Å². The zero-order valence-corrected chi connectivity index (χ0v) is 14.7. The van der Waals surface area contributed by atoms with Crippen molar-refractivity contribution in [2.24, 2.45) is 0 Å². The first-order valence-corrected chi connectivity index (χ1v) is 8.00. The van der Waals surface area contributed by atoms with E-state index in [1.54, 1.807) is 0 Å². The summed E-state index contributed by atoms with van der Waals surface area (Å²) in [6, 6.07) is 10.3. The van der Waals surface area contributed by atoms with Gasteiger partial charge in [0.2, 0.25) is 0 Å². The minimum atomic E-state index is 0.214. The molecule has 0 N–H and O–H groups in total. The van der Waals surface area contributed by atoms with Crippen LogP contribution in [0.1, 0.15) is 72.4 Å². The van der Waals surface area contributed by atoms with Gasteiger partial charge in [0.1, 0.15) is 0 Å². The molecule has 0 saturated carbocycles. The van der Waals surface area contributed by atoms with Crippen LogP contribution in [-0.4, -0.2) is 22.5 Å². The topological polar surface area (TPSA) is 3.24 Å². The molecule has 0 bridgehead atoms. The minimum absolute atomic E-state index is 0.214. The SMILES string of the molecule is CC(C)c1ccc(CC(C)N(C(C)C)C(C)(C)C)cc1. The van der Waals surface area contributed by atoms with E-state index < -0.39 is 0 Å². The Balaban J connectivity index is 2.80. The van der Waals surface area contributed by atoms with Gasteiger partial charge in [-0.2, -0.15) is 0 Å². The first-order chi connectivity index (χ1) is 9.12. The molecule has 0 spiro atoms. The van der Waals surface area contributed by atoms with Crippen LogP contribution in [0.25, 0.3) is 0 Å². The Morgan fingerprint density at radius 3 is 1.75 bits per heavy atom. The van der Waals surface area contributed by atoms with E-state index in [0.717, 1.165) is 6.42 Å². The Morgan fingerprint density at radius 2 is 1.40 bits per heavy atom. The van der Waals surface area contributed by atoms with Crippen LogP contribution >= 0.6 is 0 Å². The maximum atomic E-state index is 2.61.